The average molecular weight is 256 g/mol. The highest BCUT2D eigenvalue weighted by atomic mass is 16.4. The molecule has 1 unspecified atom stereocenters. The zero-order chi connectivity index (χ0) is 13.5. The van der Waals surface area contributed by atoms with E-state index in [2.05, 4.69) is 0 Å². The minimum absolute atomic E-state index is 0.0609. The van der Waals surface area contributed by atoms with Crippen LogP contribution in [0.15, 0.2) is 0 Å². The molecule has 0 aromatic rings. The van der Waals surface area contributed by atoms with Gasteiger partial charge in [-0.25, -0.2) is 0 Å². The van der Waals surface area contributed by atoms with Crippen LogP contribution in [0.5, 0.6) is 0 Å². The Morgan fingerprint density at radius 1 is 1.39 bits per heavy atom. The Labute approximate surface area is 108 Å². The summed E-state index contributed by atoms with van der Waals surface area (Å²) in [6.07, 6.45) is 6.58. The number of nitrogens with zero attached hydrogens (tertiary/aromatic N) is 1. The molecule has 0 saturated heterocycles. The van der Waals surface area contributed by atoms with Crippen molar-refractivity contribution in [2.75, 3.05) is 6.54 Å². The SMILES string of the molecule is CCCCC(C(=O)O)N(CC(N)=O)C1CCCC1. The van der Waals surface area contributed by atoms with Gasteiger partial charge in [-0.1, -0.05) is 32.6 Å². The highest BCUT2D eigenvalue weighted by Crippen LogP contribution is 2.26. The van der Waals surface area contributed by atoms with Gasteiger partial charge in [0.15, 0.2) is 0 Å². The van der Waals surface area contributed by atoms with Crippen molar-refractivity contribution in [3.63, 3.8) is 0 Å². The van der Waals surface area contributed by atoms with Gasteiger partial charge in [0.05, 0.1) is 6.54 Å². The molecule has 1 atom stereocenters. The Morgan fingerprint density at radius 3 is 2.44 bits per heavy atom. The van der Waals surface area contributed by atoms with E-state index in [4.69, 9.17) is 5.73 Å². The molecule has 1 rings (SSSR count). The van der Waals surface area contributed by atoms with E-state index in [-0.39, 0.29) is 12.6 Å². The number of carbonyl (C=O) groups is 2. The first-order valence-electron chi connectivity index (χ1n) is 6.83. The average Bonchev–Trinajstić information content (AvgIpc) is 2.80. The summed E-state index contributed by atoms with van der Waals surface area (Å²) in [6, 6.07) is -0.365. The zero-order valence-electron chi connectivity index (χ0n) is 11.1. The van der Waals surface area contributed by atoms with Crippen LogP contribution in [-0.4, -0.2) is 40.5 Å². The first kappa shape index (κ1) is 15.0. The number of primary amides is 1. The lowest BCUT2D eigenvalue weighted by Gasteiger charge is -2.33. The second-order valence-electron chi connectivity index (χ2n) is 5.07. The molecule has 5 heteroatoms. The van der Waals surface area contributed by atoms with Crippen LogP contribution >= 0.6 is 0 Å². The number of rotatable bonds is 8. The number of carboxylic acids is 1. The van der Waals surface area contributed by atoms with Gasteiger partial charge in [-0.3, -0.25) is 14.5 Å². The van der Waals surface area contributed by atoms with E-state index in [1.165, 1.54) is 0 Å². The first-order chi connectivity index (χ1) is 8.56. The molecule has 0 aliphatic heterocycles. The predicted octanol–water partition coefficient (Wildman–Crippen LogP) is 1.36. The number of hydrogen-bond acceptors (Lipinski definition) is 3. The highest BCUT2D eigenvalue weighted by molar-refractivity contribution is 5.78. The van der Waals surface area contributed by atoms with Gasteiger partial charge >= 0.3 is 5.97 Å². The number of aliphatic carboxylic acids is 1. The van der Waals surface area contributed by atoms with Gasteiger partial charge in [0, 0.05) is 6.04 Å². The van der Waals surface area contributed by atoms with E-state index in [1.807, 2.05) is 11.8 Å². The predicted molar refractivity (Wildman–Crippen MR) is 69.1 cm³/mol. The number of carbonyl (C=O) groups excluding carboxylic acids is 1. The summed E-state index contributed by atoms with van der Waals surface area (Å²) in [5.74, 6) is -1.28. The molecule has 0 radical (unpaired) electrons. The zero-order valence-corrected chi connectivity index (χ0v) is 11.1. The summed E-state index contributed by atoms with van der Waals surface area (Å²) in [5, 5.41) is 9.35. The molecule has 0 bridgehead atoms. The van der Waals surface area contributed by atoms with E-state index in [9.17, 15) is 14.7 Å². The Hall–Kier alpha value is -1.10. The largest absolute Gasteiger partial charge is 0.480 e. The summed E-state index contributed by atoms with van der Waals surface area (Å²) < 4.78 is 0. The van der Waals surface area contributed by atoms with Crippen molar-refractivity contribution in [2.45, 2.75) is 64.0 Å². The second kappa shape index (κ2) is 7.36. The summed E-state index contributed by atoms with van der Waals surface area (Å²) in [7, 11) is 0. The molecule has 0 aromatic carbocycles. The molecule has 1 aliphatic carbocycles. The van der Waals surface area contributed by atoms with Crippen LogP contribution in [0.1, 0.15) is 51.9 Å². The van der Waals surface area contributed by atoms with Crippen molar-refractivity contribution in [2.24, 2.45) is 5.73 Å². The van der Waals surface area contributed by atoms with E-state index in [0.29, 0.717) is 6.42 Å². The second-order valence-corrected chi connectivity index (χ2v) is 5.07. The van der Waals surface area contributed by atoms with Crippen LogP contribution in [0, 0.1) is 0 Å². The maximum Gasteiger partial charge on any atom is 0.320 e. The Bertz CT molecular complexity index is 288. The molecule has 0 aromatic heterocycles. The van der Waals surface area contributed by atoms with Crippen molar-refractivity contribution in [1.82, 2.24) is 4.90 Å². The first-order valence-corrected chi connectivity index (χ1v) is 6.83. The molecule has 3 N–H and O–H groups in total. The number of carboxylic acid groups (broad SMARTS) is 1. The third-order valence-electron chi connectivity index (χ3n) is 3.65. The van der Waals surface area contributed by atoms with Crippen LogP contribution in [0.4, 0.5) is 0 Å². The lowest BCUT2D eigenvalue weighted by atomic mass is 10.0. The van der Waals surface area contributed by atoms with Gasteiger partial charge in [0.1, 0.15) is 6.04 Å². The summed E-state index contributed by atoms with van der Waals surface area (Å²) >= 11 is 0. The maximum absolute atomic E-state index is 11.4. The molecule has 1 aliphatic rings. The molecule has 1 fully saturated rings. The van der Waals surface area contributed by atoms with Crippen LogP contribution < -0.4 is 5.73 Å². The third kappa shape index (κ3) is 4.29. The van der Waals surface area contributed by atoms with Crippen LogP contribution in [-0.2, 0) is 9.59 Å². The van der Waals surface area contributed by atoms with E-state index in [1.54, 1.807) is 0 Å². The van der Waals surface area contributed by atoms with Crippen LogP contribution in [0.3, 0.4) is 0 Å². The molecule has 104 valence electrons. The molecule has 0 spiro atoms. The molecule has 1 amide bonds. The summed E-state index contributed by atoms with van der Waals surface area (Å²) in [4.78, 5) is 24.4. The fraction of sp³-hybridized carbons (Fsp3) is 0.846. The van der Waals surface area contributed by atoms with Crippen molar-refractivity contribution in [3.05, 3.63) is 0 Å². The minimum atomic E-state index is -0.836. The maximum atomic E-state index is 11.4. The normalized spacial score (nSPS) is 18.1. The van der Waals surface area contributed by atoms with Crippen molar-refractivity contribution >= 4 is 11.9 Å². The number of hydrogen-bond donors (Lipinski definition) is 2. The Balaban J connectivity index is 2.75. The quantitative estimate of drug-likeness (QED) is 0.687. The van der Waals surface area contributed by atoms with Crippen LogP contribution in [0.2, 0.25) is 0 Å². The van der Waals surface area contributed by atoms with Gasteiger partial charge in [0.25, 0.3) is 0 Å². The lowest BCUT2D eigenvalue weighted by molar-refractivity contribution is -0.145. The monoisotopic (exact) mass is 256 g/mol. The van der Waals surface area contributed by atoms with Crippen molar-refractivity contribution in [1.29, 1.82) is 0 Å². The molecule has 5 nitrogen and oxygen atoms in total. The Morgan fingerprint density at radius 2 is 2.00 bits per heavy atom. The number of nitrogens with two attached hydrogens (primary N) is 1. The number of amides is 1. The molecular formula is C13H24N2O3. The fourth-order valence-electron chi connectivity index (χ4n) is 2.74. The van der Waals surface area contributed by atoms with Crippen molar-refractivity contribution < 1.29 is 14.7 Å². The van der Waals surface area contributed by atoms with Gasteiger partial charge in [-0.15, -0.1) is 0 Å². The van der Waals surface area contributed by atoms with Gasteiger partial charge in [-0.05, 0) is 19.3 Å². The third-order valence-corrected chi connectivity index (χ3v) is 3.65. The van der Waals surface area contributed by atoms with E-state index in [0.717, 1.165) is 38.5 Å². The van der Waals surface area contributed by atoms with Gasteiger partial charge in [-0.2, -0.15) is 0 Å². The molecule has 1 saturated carbocycles. The smallest absolute Gasteiger partial charge is 0.320 e. The summed E-state index contributed by atoms with van der Waals surface area (Å²) in [5.41, 5.74) is 5.25. The van der Waals surface area contributed by atoms with Gasteiger partial charge in [0.2, 0.25) is 5.91 Å². The minimum Gasteiger partial charge on any atom is -0.480 e. The summed E-state index contributed by atoms with van der Waals surface area (Å²) in [6.45, 7) is 2.10. The molecular weight excluding hydrogens is 232 g/mol. The van der Waals surface area contributed by atoms with E-state index < -0.39 is 17.9 Å². The lowest BCUT2D eigenvalue weighted by Crippen LogP contribution is -2.50. The molecule has 18 heavy (non-hydrogen) atoms. The fourth-order valence-corrected chi connectivity index (χ4v) is 2.74. The van der Waals surface area contributed by atoms with E-state index >= 15 is 0 Å². The number of unbranched alkanes of at least 4 members (excludes halogenated alkanes) is 1. The topological polar surface area (TPSA) is 83.6 Å². The highest BCUT2D eigenvalue weighted by Gasteiger charge is 2.33. The van der Waals surface area contributed by atoms with Crippen LogP contribution in [0.25, 0.3) is 0 Å². The molecule has 0 heterocycles. The van der Waals surface area contributed by atoms with Gasteiger partial charge < -0.3 is 10.8 Å². The standard InChI is InChI=1S/C13H24N2O3/c1-2-3-8-11(13(17)18)15(9-12(14)16)10-6-4-5-7-10/h10-11H,2-9H2,1H3,(H2,14,16)(H,17,18). The Kier molecular flexibility index (Phi) is 6.12. The van der Waals surface area contributed by atoms with Crippen molar-refractivity contribution in [3.8, 4) is 0 Å².